The molecule has 130 valence electrons. The first-order valence-electron chi connectivity index (χ1n) is 8.16. The minimum atomic E-state index is -0.895. The van der Waals surface area contributed by atoms with Gasteiger partial charge < -0.3 is 14.2 Å². The third kappa shape index (κ3) is 3.65. The monoisotopic (exact) mass is 340 g/mol. The Labute approximate surface area is 146 Å². The molecule has 3 rings (SSSR count). The van der Waals surface area contributed by atoms with Gasteiger partial charge in [-0.25, -0.2) is 4.79 Å². The smallest absolute Gasteiger partial charge is 0.351 e. The number of hydrogen-bond donors (Lipinski definition) is 0. The van der Waals surface area contributed by atoms with Crippen molar-refractivity contribution >= 4 is 11.8 Å². The Kier molecular flexibility index (Phi) is 4.74. The molecule has 0 bridgehead atoms. The third-order valence-corrected chi connectivity index (χ3v) is 4.09. The fraction of sp³-hybridized carbons (Fsp3) is 0.300. The molecule has 0 unspecified atom stereocenters. The first kappa shape index (κ1) is 17.0. The van der Waals surface area contributed by atoms with Gasteiger partial charge in [-0.3, -0.25) is 4.79 Å². The van der Waals surface area contributed by atoms with E-state index in [9.17, 15) is 9.59 Å². The van der Waals surface area contributed by atoms with Crippen LogP contribution in [0.1, 0.15) is 28.4 Å². The van der Waals surface area contributed by atoms with E-state index in [0.717, 1.165) is 11.1 Å². The lowest BCUT2D eigenvalue weighted by atomic mass is 9.99. The summed E-state index contributed by atoms with van der Waals surface area (Å²) in [5.74, 6) is 0.239. The third-order valence-electron chi connectivity index (χ3n) is 4.09. The Morgan fingerprint density at radius 2 is 1.84 bits per heavy atom. The summed E-state index contributed by atoms with van der Waals surface area (Å²) >= 11 is 0. The van der Waals surface area contributed by atoms with Crippen LogP contribution in [0.2, 0.25) is 0 Å². The Morgan fingerprint density at radius 1 is 1.12 bits per heavy atom. The molecule has 5 nitrogen and oxygen atoms in total. The highest BCUT2D eigenvalue weighted by Crippen LogP contribution is 2.31. The molecular formula is C20H20O5. The average molecular weight is 340 g/mol. The van der Waals surface area contributed by atoms with E-state index in [1.807, 2.05) is 32.0 Å². The predicted octanol–water partition coefficient (Wildman–Crippen LogP) is 3.26. The standard InChI is InChI=1S/C20H20O5/c1-12-8-9-13(2)15(10-12)19(21)14(3)24-20(22)18-11-23-16-6-4-5-7-17(16)25-18/h4-10,14,18H,11H2,1-3H3/t14-,18-/m1/s1. The summed E-state index contributed by atoms with van der Waals surface area (Å²) in [7, 11) is 0. The van der Waals surface area contributed by atoms with Crippen LogP contribution in [0.5, 0.6) is 11.5 Å². The number of Topliss-reactive ketones (excluding diaryl/α,β-unsaturated/α-hetero) is 1. The molecule has 25 heavy (non-hydrogen) atoms. The highest BCUT2D eigenvalue weighted by molar-refractivity contribution is 6.01. The number of benzene rings is 2. The van der Waals surface area contributed by atoms with Crippen molar-refractivity contribution in [3.8, 4) is 11.5 Å². The van der Waals surface area contributed by atoms with Gasteiger partial charge in [-0.2, -0.15) is 0 Å². The van der Waals surface area contributed by atoms with Gasteiger partial charge in [-0.05, 0) is 44.5 Å². The van der Waals surface area contributed by atoms with Crippen molar-refractivity contribution in [3.05, 3.63) is 59.2 Å². The van der Waals surface area contributed by atoms with Crippen molar-refractivity contribution in [3.63, 3.8) is 0 Å². The Hall–Kier alpha value is -2.82. The summed E-state index contributed by atoms with van der Waals surface area (Å²) < 4.78 is 16.4. The van der Waals surface area contributed by atoms with Crippen molar-refractivity contribution in [2.45, 2.75) is 33.0 Å². The quantitative estimate of drug-likeness (QED) is 0.631. The molecule has 0 radical (unpaired) electrons. The molecule has 0 aromatic heterocycles. The van der Waals surface area contributed by atoms with Gasteiger partial charge in [0.2, 0.25) is 11.9 Å². The summed E-state index contributed by atoms with van der Waals surface area (Å²) in [6.45, 7) is 5.40. The normalized spacial score (nSPS) is 16.8. The minimum Gasteiger partial charge on any atom is -0.485 e. The van der Waals surface area contributed by atoms with Crippen molar-refractivity contribution in [2.24, 2.45) is 0 Å². The second-order valence-corrected chi connectivity index (χ2v) is 6.13. The minimum absolute atomic E-state index is 0.0558. The van der Waals surface area contributed by atoms with Crippen LogP contribution in [-0.2, 0) is 9.53 Å². The molecule has 2 aromatic rings. The number of hydrogen-bond acceptors (Lipinski definition) is 5. The van der Waals surface area contributed by atoms with E-state index >= 15 is 0 Å². The van der Waals surface area contributed by atoms with Crippen LogP contribution in [0.15, 0.2) is 42.5 Å². The number of carbonyl (C=O) groups is 2. The van der Waals surface area contributed by atoms with Crippen LogP contribution in [0.25, 0.3) is 0 Å². The van der Waals surface area contributed by atoms with Crippen molar-refractivity contribution in [1.82, 2.24) is 0 Å². The van der Waals surface area contributed by atoms with Crippen molar-refractivity contribution in [1.29, 1.82) is 0 Å². The largest absolute Gasteiger partial charge is 0.485 e. The summed E-state index contributed by atoms with van der Waals surface area (Å²) in [4.78, 5) is 24.9. The maximum absolute atomic E-state index is 12.6. The Morgan fingerprint density at radius 3 is 2.60 bits per heavy atom. The van der Waals surface area contributed by atoms with Crippen LogP contribution in [0.4, 0.5) is 0 Å². The molecule has 0 N–H and O–H groups in total. The second-order valence-electron chi connectivity index (χ2n) is 6.13. The Balaban J connectivity index is 1.67. The zero-order valence-electron chi connectivity index (χ0n) is 14.4. The van der Waals surface area contributed by atoms with Gasteiger partial charge in [0.25, 0.3) is 0 Å². The van der Waals surface area contributed by atoms with E-state index in [1.165, 1.54) is 0 Å². The molecule has 2 aromatic carbocycles. The number of para-hydroxylation sites is 2. The van der Waals surface area contributed by atoms with E-state index in [2.05, 4.69) is 0 Å². The molecule has 5 heteroatoms. The van der Waals surface area contributed by atoms with Crippen LogP contribution >= 0.6 is 0 Å². The fourth-order valence-electron chi connectivity index (χ4n) is 2.66. The van der Waals surface area contributed by atoms with Crippen molar-refractivity contribution in [2.75, 3.05) is 6.61 Å². The summed E-state index contributed by atoms with van der Waals surface area (Å²) in [5, 5.41) is 0. The molecule has 1 heterocycles. The zero-order chi connectivity index (χ0) is 18.0. The average Bonchev–Trinajstić information content (AvgIpc) is 2.62. The van der Waals surface area contributed by atoms with Gasteiger partial charge in [0.05, 0.1) is 0 Å². The summed E-state index contributed by atoms with van der Waals surface area (Å²) in [6.07, 6.45) is -1.78. The van der Waals surface area contributed by atoms with Crippen LogP contribution in [0.3, 0.4) is 0 Å². The van der Waals surface area contributed by atoms with Gasteiger partial charge in [-0.1, -0.05) is 29.8 Å². The number of aryl methyl sites for hydroxylation is 2. The fourth-order valence-corrected chi connectivity index (χ4v) is 2.66. The molecule has 0 fully saturated rings. The maximum Gasteiger partial charge on any atom is 0.351 e. The molecule has 0 spiro atoms. The topological polar surface area (TPSA) is 61.8 Å². The lowest BCUT2D eigenvalue weighted by Gasteiger charge is -2.26. The van der Waals surface area contributed by atoms with Gasteiger partial charge >= 0.3 is 5.97 Å². The van der Waals surface area contributed by atoms with Gasteiger partial charge in [0.1, 0.15) is 6.61 Å². The maximum atomic E-state index is 12.6. The van der Waals surface area contributed by atoms with Crippen molar-refractivity contribution < 1.29 is 23.8 Å². The van der Waals surface area contributed by atoms with Crippen LogP contribution in [0, 0.1) is 13.8 Å². The lowest BCUT2D eigenvalue weighted by molar-refractivity contribution is -0.157. The molecular weight excluding hydrogens is 320 g/mol. The van der Waals surface area contributed by atoms with E-state index in [0.29, 0.717) is 17.1 Å². The van der Waals surface area contributed by atoms with Crippen LogP contribution < -0.4 is 9.47 Å². The van der Waals surface area contributed by atoms with E-state index in [1.54, 1.807) is 31.2 Å². The van der Waals surface area contributed by atoms with E-state index < -0.39 is 18.2 Å². The van der Waals surface area contributed by atoms with Gasteiger partial charge in [0, 0.05) is 5.56 Å². The number of fused-ring (bicyclic) bond motifs is 1. The predicted molar refractivity (Wildman–Crippen MR) is 92.2 cm³/mol. The highest BCUT2D eigenvalue weighted by Gasteiger charge is 2.31. The Bertz CT molecular complexity index is 811. The summed E-state index contributed by atoms with van der Waals surface area (Å²) in [5.41, 5.74) is 2.39. The number of ketones is 1. The molecule has 0 saturated carbocycles. The molecule has 0 saturated heterocycles. The lowest BCUT2D eigenvalue weighted by Crippen LogP contribution is -2.40. The molecule has 0 aliphatic carbocycles. The van der Waals surface area contributed by atoms with Gasteiger partial charge in [0.15, 0.2) is 17.6 Å². The molecule has 1 aliphatic heterocycles. The number of carbonyl (C=O) groups excluding carboxylic acids is 2. The first-order valence-corrected chi connectivity index (χ1v) is 8.16. The second kappa shape index (κ2) is 6.97. The SMILES string of the molecule is Cc1ccc(C)c(C(=O)[C@@H](C)OC(=O)[C@H]2COc3ccccc3O2)c1. The molecule has 2 atom stereocenters. The zero-order valence-corrected chi connectivity index (χ0v) is 14.4. The summed E-state index contributed by atoms with van der Waals surface area (Å²) in [6, 6.07) is 12.7. The number of esters is 1. The highest BCUT2D eigenvalue weighted by atomic mass is 16.6. The molecule has 0 amide bonds. The first-order chi connectivity index (χ1) is 12.0. The number of rotatable bonds is 4. The van der Waals surface area contributed by atoms with E-state index in [-0.39, 0.29) is 12.4 Å². The molecule has 1 aliphatic rings. The van der Waals surface area contributed by atoms with Crippen LogP contribution in [-0.4, -0.2) is 30.6 Å². The van der Waals surface area contributed by atoms with E-state index in [4.69, 9.17) is 14.2 Å². The number of ether oxygens (including phenoxy) is 3. The van der Waals surface area contributed by atoms with Gasteiger partial charge in [-0.15, -0.1) is 0 Å².